The van der Waals surface area contributed by atoms with E-state index in [1.165, 1.54) is 18.4 Å². The van der Waals surface area contributed by atoms with Crippen molar-refractivity contribution in [2.24, 2.45) is 0 Å². The highest BCUT2D eigenvalue weighted by atomic mass is 16.5. The van der Waals surface area contributed by atoms with Gasteiger partial charge >= 0.3 is 0 Å². The largest absolute Gasteiger partial charge is 0.386 e. The summed E-state index contributed by atoms with van der Waals surface area (Å²) >= 11 is 0. The van der Waals surface area contributed by atoms with Crippen LogP contribution in [0.5, 0.6) is 0 Å². The Morgan fingerprint density at radius 2 is 2.14 bits per heavy atom. The van der Waals surface area contributed by atoms with E-state index in [2.05, 4.69) is 6.08 Å². The van der Waals surface area contributed by atoms with Crippen molar-refractivity contribution in [3.05, 3.63) is 11.6 Å². The molecule has 82 valence electrons. The first kappa shape index (κ1) is 11.7. The Bertz CT molecular complexity index is 201. The van der Waals surface area contributed by atoms with Gasteiger partial charge in [-0.05, 0) is 52.0 Å². The summed E-state index contributed by atoms with van der Waals surface area (Å²) in [5.74, 6) is 0. The molecule has 0 aromatic heterocycles. The van der Waals surface area contributed by atoms with Crippen LogP contribution in [-0.4, -0.2) is 23.4 Å². The highest BCUT2D eigenvalue weighted by molar-refractivity contribution is 5.10. The number of hydrogen-bond donors (Lipinski definition) is 1. The fraction of sp³-hybridized carbons (Fsp3) is 0.833. The van der Waals surface area contributed by atoms with Gasteiger partial charge in [-0.3, -0.25) is 0 Å². The summed E-state index contributed by atoms with van der Waals surface area (Å²) in [6.45, 7) is 6.45. The summed E-state index contributed by atoms with van der Waals surface area (Å²) in [5.41, 5.74) is 1.01. The number of hydrogen-bond acceptors (Lipinski definition) is 2. The van der Waals surface area contributed by atoms with Gasteiger partial charge in [-0.15, -0.1) is 0 Å². The minimum Gasteiger partial charge on any atom is -0.386 e. The lowest BCUT2D eigenvalue weighted by atomic mass is 9.96. The predicted molar refractivity (Wildman–Crippen MR) is 58.3 cm³/mol. The van der Waals surface area contributed by atoms with Crippen LogP contribution in [0, 0.1) is 0 Å². The zero-order valence-electron chi connectivity index (χ0n) is 9.55. The monoisotopic (exact) mass is 198 g/mol. The lowest BCUT2D eigenvalue weighted by molar-refractivity contribution is -0.0402. The topological polar surface area (TPSA) is 29.5 Å². The van der Waals surface area contributed by atoms with Gasteiger partial charge in [0.1, 0.15) is 0 Å². The van der Waals surface area contributed by atoms with Gasteiger partial charge in [0.05, 0.1) is 18.3 Å². The number of allylic oxidation sites excluding steroid dienone is 1. The van der Waals surface area contributed by atoms with Crippen LogP contribution in [0.4, 0.5) is 0 Å². The van der Waals surface area contributed by atoms with Crippen molar-refractivity contribution in [2.75, 3.05) is 6.61 Å². The fourth-order valence-corrected chi connectivity index (χ4v) is 1.60. The normalized spacial score (nSPS) is 20.4. The standard InChI is InChI=1S/C12H22O2/c1-12(2,3)14-9-11(13)10-7-5-4-6-8-10/h7,11,13H,4-6,8-9H2,1-3H3. The molecule has 0 heterocycles. The van der Waals surface area contributed by atoms with E-state index in [4.69, 9.17) is 4.74 Å². The Morgan fingerprint density at radius 3 is 2.64 bits per heavy atom. The lowest BCUT2D eigenvalue weighted by Gasteiger charge is -2.24. The van der Waals surface area contributed by atoms with Crippen LogP contribution in [0.15, 0.2) is 11.6 Å². The molecule has 1 aliphatic carbocycles. The van der Waals surface area contributed by atoms with Gasteiger partial charge < -0.3 is 9.84 Å². The Hall–Kier alpha value is -0.340. The van der Waals surface area contributed by atoms with E-state index in [0.717, 1.165) is 12.8 Å². The average Bonchev–Trinajstić information content (AvgIpc) is 2.14. The van der Waals surface area contributed by atoms with Crippen LogP contribution >= 0.6 is 0 Å². The van der Waals surface area contributed by atoms with Crippen LogP contribution in [0.3, 0.4) is 0 Å². The van der Waals surface area contributed by atoms with Gasteiger partial charge in [0, 0.05) is 0 Å². The SMILES string of the molecule is CC(C)(C)OCC(O)C1=CCCCC1. The summed E-state index contributed by atoms with van der Waals surface area (Å²) in [4.78, 5) is 0. The molecule has 1 rings (SSSR count). The molecule has 0 bridgehead atoms. The molecular formula is C12H22O2. The van der Waals surface area contributed by atoms with E-state index < -0.39 is 6.10 Å². The van der Waals surface area contributed by atoms with Crippen molar-refractivity contribution in [1.82, 2.24) is 0 Å². The second-order valence-corrected chi connectivity index (χ2v) is 4.96. The molecule has 2 heteroatoms. The number of aliphatic hydroxyl groups excluding tert-OH is 1. The molecule has 0 aromatic carbocycles. The maximum absolute atomic E-state index is 9.84. The summed E-state index contributed by atoms with van der Waals surface area (Å²) < 4.78 is 5.55. The summed E-state index contributed by atoms with van der Waals surface area (Å²) in [5, 5.41) is 9.84. The van der Waals surface area contributed by atoms with Crippen LogP contribution in [0.2, 0.25) is 0 Å². The number of ether oxygens (including phenoxy) is 1. The summed E-state index contributed by atoms with van der Waals surface area (Å²) in [7, 11) is 0. The highest BCUT2D eigenvalue weighted by Gasteiger charge is 2.17. The third-order valence-electron chi connectivity index (χ3n) is 2.43. The molecule has 14 heavy (non-hydrogen) atoms. The van der Waals surface area contributed by atoms with E-state index in [0.29, 0.717) is 6.61 Å². The van der Waals surface area contributed by atoms with Crippen molar-refractivity contribution in [1.29, 1.82) is 0 Å². The first-order valence-corrected chi connectivity index (χ1v) is 5.50. The highest BCUT2D eigenvalue weighted by Crippen LogP contribution is 2.21. The second kappa shape index (κ2) is 4.94. The Morgan fingerprint density at radius 1 is 1.43 bits per heavy atom. The van der Waals surface area contributed by atoms with Crippen molar-refractivity contribution in [3.8, 4) is 0 Å². The maximum Gasteiger partial charge on any atom is 0.0983 e. The van der Waals surface area contributed by atoms with Crippen molar-refractivity contribution < 1.29 is 9.84 Å². The molecule has 1 N–H and O–H groups in total. The molecule has 0 radical (unpaired) electrons. The first-order chi connectivity index (χ1) is 6.49. The van der Waals surface area contributed by atoms with Gasteiger partial charge in [0.15, 0.2) is 0 Å². The van der Waals surface area contributed by atoms with Crippen LogP contribution in [0.25, 0.3) is 0 Å². The van der Waals surface area contributed by atoms with Crippen molar-refractivity contribution >= 4 is 0 Å². The molecule has 0 aromatic rings. The van der Waals surface area contributed by atoms with Gasteiger partial charge in [-0.25, -0.2) is 0 Å². The summed E-state index contributed by atoms with van der Waals surface area (Å²) in [6, 6.07) is 0. The number of rotatable bonds is 3. The lowest BCUT2D eigenvalue weighted by Crippen LogP contribution is -2.27. The Balaban J connectivity index is 2.34. The minimum atomic E-state index is -0.394. The molecule has 0 saturated heterocycles. The molecule has 0 fully saturated rings. The fourth-order valence-electron chi connectivity index (χ4n) is 1.60. The molecule has 0 saturated carbocycles. The van der Waals surface area contributed by atoms with E-state index in [-0.39, 0.29) is 5.60 Å². The zero-order valence-corrected chi connectivity index (χ0v) is 9.55. The van der Waals surface area contributed by atoms with Gasteiger partial charge in [-0.1, -0.05) is 6.08 Å². The van der Waals surface area contributed by atoms with E-state index in [9.17, 15) is 5.11 Å². The first-order valence-electron chi connectivity index (χ1n) is 5.50. The summed E-state index contributed by atoms with van der Waals surface area (Å²) in [6.07, 6.45) is 6.39. The molecule has 1 unspecified atom stereocenters. The predicted octanol–water partition coefficient (Wildman–Crippen LogP) is 2.66. The van der Waals surface area contributed by atoms with E-state index >= 15 is 0 Å². The maximum atomic E-state index is 9.84. The number of aliphatic hydroxyl groups is 1. The third-order valence-corrected chi connectivity index (χ3v) is 2.43. The molecule has 0 amide bonds. The molecule has 1 aliphatic rings. The molecule has 1 atom stereocenters. The van der Waals surface area contributed by atoms with Gasteiger partial charge in [-0.2, -0.15) is 0 Å². The second-order valence-electron chi connectivity index (χ2n) is 4.96. The van der Waals surface area contributed by atoms with Crippen molar-refractivity contribution in [3.63, 3.8) is 0 Å². The molecular weight excluding hydrogens is 176 g/mol. The Kier molecular flexibility index (Phi) is 4.14. The van der Waals surface area contributed by atoms with Crippen LogP contribution in [-0.2, 0) is 4.74 Å². The van der Waals surface area contributed by atoms with Crippen LogP contribution in [0.1, 0.15) is 46.5 Å². The van der Waals surface area contributed by atoms with Crippen molar-refractivity contribution in [2.45, 2.75) is 58.2 Å². The molecule has 0 spiro atoms. The Labute approximate surface area is 87.0 Å². The third kappa shape index (κ3) is 4.25. The van der Waals surface area contributed by atoms with Gasteiger partial charge in [0.2, 0.25) is 0 Å². The van der Waals surface area contributed by atoms with Crippen LogP contribution < -0.4 is 0 Å². The zero-order chi connectivity index (χ0) is 10.6. The quantitative estimate of drug-likeness (QED) is 0.706. The molecule has 2 nitrogen and oxygen atoms in total. The average molecular weight is 198 g/mol. The minimum absolute atomic E-state index is 0.157. The van der Waals surface area contributed by atoms with Gasteiger partial charge in [0.25, 0.3) is 0 Å². The van der Waals surface area contributed by atoms with E-state index in [1.54, 1.807) is 0 Å². The smallest absolute Gasteiger partial charge is 0.0983 e. The molecule has 0 aliphatic heterocycles. The van der Waals surface area contributed by atoms with E-state index in [1.807, 2.05) is 20.8 Å².